The third-order valence-corrected chi connectivity index (χ3v) is 5.18. The number of aryl methyl sites for hydroxylation is 1. The van der Waals surface area contributed by atoms with Crippen molar-refractivity contribution in [3.05, 3.63) is 95.6 Å². The molecule has 114 valence electrons. The van der Waals surface area contributed by atoms with E-state index in [1.54, 1.807) is 0 Å². The average Bonchev–Trinajstić information content (AvgIpc) is 2.95. The van der Waals surface area contributed by atoms with Crippen molar-refractivity contribution in [3.8, 4) is 11.1 Å². The van der Waals surface area contributed by atoms with Crippen molar-refractivity contribution in [2.24, 2.45) is 5.92 Å². The summed E-state index contributed by atoms with van der Waals surface area (Å²) in [5.74, 6) is 1.17. The summed E-state index contributed by atoms with van der Waals surface area (Å²) in [6.07, 6.45) is 2.38. The monoisotopic (exact) mass is 298 g/mol. The second-order valence-electron chi connectivity index (χ2n) is 6.65. The second-order valence-corrected chi connectivity index (χ2v) is 6.65. The summed E-state index contributed by atoms with van der Waals surface area (Å²) >= 11 is 0. The van der Waals surface area contributed by atoms with Gasteiger partial charge in [0.2, 0.25) is 0 Å². The molecule has 0 aliphatic heterocycles. The molecule has 0 nitrogen and oxygen atoms in total. The zero-order chi connectivity index (χ0) is 15.6. The molecule has 0 bridgehead atoms. The lowest BCUT2D eigenvalue weighted by atomic mass is 9.82. The normalized spacial score (nSPS) is 14.3. The van der Waals surface area contributed by atoms with Gasteiger partial charge in [-0.05, 0) is 46.6 Å². The highest BCUT2D eigenvalue weighted by molar-refractivity contribution is 5.78. The minimum Gasteiger partial charge on any atom is -0.0622 e. The van der Waals surface area contributed by atoms with Crippen LogP contribution in [0, 0.1) is 5.92 Å². The Hall–Kier alpha value is -2.34. The van der Waals surface area contributed by atoms with E-state index in [2.05, 4.69) is 85.8 Å². The quantitative estimate of drug-likeness (QED) is 0.548. The molecule has 0 heteroatoms. The third-order valence-electron chi connectivity index (χ3n) is 5.18. The van der Waals surface area contributed by atoms with Crippen LogP contribution in [0.3, 0.4) is 0 Å². The molecule has 0 radical (unpaired) electrons. The van der Waals surface area contributed by atoms with Gasteiger partial charge in [0.15, 0.2) is 0 Å². The molecule has 0 saturated heterocycles. The highest BCUT2D eigenvalue weighted by Crippen LogP contribution is 2.48. The fourth-order valence-electron chi connectivity index (χ4n) is 4.01. The minimum absolute atomic E-state index is 0.533. The van der Waals surface area contributed by atoms with Crippen LogP contribution in [0.15, 0.2) is 78.9 Å². The molecule has 3 aromatic carbocycles. The van der Waals surface area contributed by atoms with Crippen molar-refractivity contribution in [1.82, 2.24) is 0 Å². The van der Waals surface area contributed by atoms with E-state index in [1.807, 2.05) is 0 Å². The molecule has 3 aromatic rings. The van der Waals surface area contributed by atoms with Gasteiger partial charge in [-0.25, -0.2) is 0 Å². The molecule has 23 heavy (non-hydrogen) atoms. The molecular weight excluding hydrogens is 276 g/mol. The Balaban J connectivity index is 1.63. The Morgan fingerprint density at radius 3 is 1.83 bits per heavy atom. The predicted molar refractivity (Wildman–Crippen MR) is 97.6 cm³/mol. The minimum atomic E-state index is 0.533. The number of hydrogen-bond acceptors (Lipinski definition) is 0. The molecule has 0 N–H and O–H groups in total. The van der Waals surface area contributed by atoms with Gasteiger partial charge in [0.1, 0.15) is 0 Å². The van der Waals surface area contributed by atoms with Gasteiger partial charge in [0.05, 0.1) is 0 Å². The third kappa shape index (κ3) is 2.59. The molecule has 0 amide bonds. The lowest BCUT2D eigenvalue weighted by Crippen LogP contribution is -2.10. The van der Waals surface area contributed by atoms with E-state index >= 15 is 0 Å². The summed E-state index contributed by atoms with van der Waals surface area (Å²) < 4.78 is 0. The Morgan fingerprint density at radius 1 is 0.696 bits per heavy atom. The molecule has 1 atom stereocenters. The Bertz CT molecular complexity index is 756. The van der Waals surface area contributed by atoms with Crippen LogP contribution in [0.5, 0.6) is 0 Å². The van der Waals surface area contributed by atoms with Gasteiger partial charge in [0.25, 0.3) is 0 Å². The van der Waals surface area contributed by atoms with Crippen LogP contribution in [-0.2, 0) is 6.42 Å². The molecule has 1 unspecified atom stereocenters. The highest BCUT2D eigenvalue weighted by atomic mass is 14.3. The second kappa shape index (κ2) is 6.04. The Kier molecular flexibility index (Phi) is 3.75. The summed E-state index contributed by atoms with van der Waals surface area (Å²) in [7, 11) is 0. The topological polar surface area (TPSA) is 0 Å². The van der Waals surface area contributed by atoms with Crippen LogP contribution in [0.1, 0.15) is 36.0 Å². The number of hydrogen-bond donors (Lipinski definition) is 0. The van der Waals surface area contributed by atoms with Crippen molar-refractivity contribution in [3.63, 3.8) is 0 Å². The lowest BCUT2D eigenvalue weighted by molar-refractivity contribution is 0.480. The molecule has 1 aliphatic rings. The summed E-state index contributed by atoms with van der Waals surface area (Å²) in [6, 6.07) is 28.7. The highest BCUT2D eigenvalue weighted by Gasteiger charge is 2.31. The smallest absolute Gasteiger partial charge is 0.0127 e. The summed E-state index contributed by atoms with van der Waals surface area (Å²) in [6.45, 7) is 2.41. The molecule has 1 aliphatic carbocycles. The van der Waals surface area contributed by atoms with E-state index in [1.165, 1.54) is 34.2 Å². The van der Waals surface area contributed by atoms with E-state index in [4.69, 9.17) is 0 Å². The standard InChI is InChI=1S/C23H22/c1-17(15-16-18-9-3-2-4-10-18)23-21-13-7-5-11-19(21)20-12-6-8-14-22(20)23/h2-14,17,23H,15-16H2,1H3. The fraction of sp³-hybridized carbons (Fsp3) is 0.217. The van der Waals surface area contributed by atoms with Crippen LogP contribution in [0.2, 0.25) is 0 Å². The van der Waals surface area contributed by atoms with E-state index in [9.17, 15) is 0 Å². The SMILES string of the molecule is CC(CCc1ccccc1)C1c2ccccc2-c2ccccc21. The summed E-state index contributed by atoms with van der Waals surface area (Å²) in [5.41, 5.74) is 7.32. The molecule has 4 rings (SSSR count). The van der Waals surface area contributed by atoms with Crippen molar-refractivity contribution in [1.29, 1.82) is 0 Å². The fourth-order valence-corrected chi connectivity index (χ4v) is 4.01. The largest absolute Gasteiger partial charge is 0.0622 e. The van der Waals surface area contributed by atoms with E-state index in [0.29, 0.717) is 11.8 Å². The van der Waals surface area contributed by atoms with Gasteiger partial charge < -0.3 is 0 Å². The van der Waals surface area contributed by atoms with Gasteiger partial charge in [-0.15, -0.1) is 0 Å². The molecule has 0 saturated carbocycles. The lowest BCUT2D eigenvalue weighted by Gasteiger charge is -2.22. The predicted octanol–water partition coefficient (Wildman–Crippen LogP) is 6.07. The zero-order valence-corrected chi connectivity index (χ0v) is 13.6. The van der Waals surface area contributed by atoms with Crippen molar-refractivity contribution in [2.75, 3.05) is 0 Å². The van der Waals surface area contributed by atoms with Crippen LogP contribution in [0.4, 0.5) is 0 Å². The first-order chi connectivity index (χ1) is 11.3. The zero-order valence-electron chi connectivity index (χ0n) is 13.6. The van der Waals surface area contributed by atoms with E-state index in [0.717, 1.165) is 6.42 Å². The number of benzene rings is 3. The Morgan fingerprint density at radius 2 is 1.22 bits per heavy atom. The summed E-state index contributed by atoms with van der Waals surface area (Å²) in [5, 5.41) is 0. The van der Waals surface area contributed by atoms with Gasteiger partial charge in [0, 0.05) is 5.92 Å². The van der Waals surface area contributed by atoms with Crippen LogP contribution >= 0.6 is 0 Å². The Labute approximate surface area is 138 Å². The molecule has 0 heterocycles. The molecule has 0 spiro atoms. The first kappa shape index (κ1) is 14.3. The summed E-state index contributed by atoms with van der Waals surface area (Å²) in [4.78, 5) is 0. The number of fused-ring (bicyclic) bond motifs is 3. The van der Waals surface area contributed by atoms with Crippen molar-refractivity contribution in [2.45, 2.75) is 25.7 Å². The first-order valence-electron chi connectivity index (χ1n) is 8.57. The van der Waals surface area contributed by atoms with Crippen molar-refractivity contribution >= 4 is 0 Å². The molecule has 0 fully saturated rings. The van der Waals surface area contributed by atoms with Crippen molar-refractivity contribution < 1.29 is 0 Å². The maximum absolute atomic E-state index is 2.41. The van der Waals surface area contributed by atoms with Gasteiger partial charge in [-0.2, -0.15) is 0 Å². The van der Waals surface area contributed by atoms with Crippen LogP contribution in [-0.4, -0.2) is 0 Å². The van der Waals surface area contributed by atoms with Crippen LogP contribution < -0.4 is 0 Å². The molecule has 0 aromatic heterocycles. The van der Waals surface area contributed by atoms with E-state index in [-0.39, 0.29) is 0 Å². The molecular formula is C23H22. The van der Waals surface area contributed by atoms with Crippen LogP contribution in [0.25, 0.3) is 11.1 Å². The maximum atomic E-state index is 2.41. The van der Waals surface area contributed by atoms with E-state index < -0.39 is 0 Å². The maximum Gasteiger partial charge on any atom is 0.0127 e. The first-order valence-corrected chi connectivity index (χ1v) is 8.57. The van der Waals surface area contributed by atoms with Gasteiger partial charge in [-0.3, -0.25) is 0 Å². The average molecular weight is 298 g/mol. The van der Waals surface area contributed by atoms with Gasteiger partial charge in [-0.1, -0.05) is 85.8 Å². The van der Waals surface area contributed by atoms with Gasteiger partial charge >= 0.3 is 0 Å². The number of rotatable bonds is 4.